The van der Waals surface area contributed by atoms with E-state index in [4.69, 9.17) is 11.6 Å². The zero-order valence-corrected chi connectivity index (χ0v) is 18.9. The van der Waals surface area contributed by atoms with Crippen molar-refractivity contribution in [2.45, 2.75) is 17.0 Å². The van der Waals surface area contributed by atoms with Gasteiger partial charge in [0.05, 0.1) is 6.04 Å². The molecule has 5 rings (SSSR count). The number of benzene rings is 3. The number of aromatic amines is 1. The molecule has 0 fully saturated rings. The lowest BCUT2D eigenvalue weighted by Crippen LogP contribution is -2.31. The molecule has 1 aliphatic rings. The largest absolute Gasteiger partial charge is 0.503 e. The fourth-order valence-electron chi connectivity index (χ4n) is 3.83. The highest BCUT2D eigenvalue weighted by atomic mass is 35.5. The Kier molecular flexibility index (Phi) is 5.90. The van der Waals surface area contributed by atoms with Gasteiger partial charge in [-0.1, -0.05) is 96.2 Å². The van der Waals surface area contributed by atoms with Gasteiger partial charge in [0, 0.05) is 16.3 Å². The van der Waals surface area contributed by atoms with E-state index >= 15 is 0 Å². The summed E-state index contributed by atoms with van der Waals surface area (Å²) in [5.41, 5.74) is 3.21. The molecule has 2 heterocycles. The topological polar surface area (TPSA) is 82.1 Å². The highest BCUT2D eigenvalue weighted by Crippen LogP contribution is 2.44. The minimum absolute atomic E-state index is 0.271. The van der Waals surface area contributed by atoms with Gasteiger partial charge in [0.2, 0.25) is 11.1 Å². The quantitative estimate of drug-likeness (QED) is 0.345. The number of halogens is 1. The molecule has 0 saturated heterocycles. The van der Waals surface area contributed by atoms with Crippen LogP contribution in [0.5, 0.6) is 0 Å². The number of aliphatic hydroxyl groups is 1. The van der Waals surface area contributed by atoms with E-state index in [1.807, 2.05) is 72.8 Å². The van der Waals surface area contributed by atoms with E-state index in [0.717, 1.165) is 16.7 Å². The number of carbonyl (C=O) groups is 1. The lowest BCUT2D eigenvalue weighted by Gasteiger charge is -2.24. The second-order valence-corrected chi connectivity index (χ2v) is 8.85. The van der Waals surface area contributed by atoms with Crippen LogP contribution in [-0.4, -0.2) is 26.2 Å². The molecular formula is C25H19ClN4O2S. The summed E-state index contributed by atoms with van der Waals surface area (Å²) < 4.78 is 0. The van der Waals surface area contributed by atoms with Crippen molar-refractivity contribution in [3.8, 4) is 0 Å². The Labute approximate surface area is 199 Å². The Balaban J connectivity index is 1.50. The molecule has 1 aromatic heterocycles. The van der Waals surface area contributed by atoms with Crippen molar-refractivity contribution in [2.24, 2.45) is 0 Å². The van der Waals surface area contributed by atoms with E-state index in [9.17, 15) is 9.90 Å². The first kappa shape index (κ1) is 21.3. The molecule has 0 radical (unpaired) electrons. The number of aliphatic hydroxyl groups excluding tert-OH is 1. The van der Waals surface area contributed by atoms with Crippen molar-refractivity contribution in [1.29, 1.82) is 0 Å². The summed E-state index contributed by atoms with van der Waals surface area (Å²) in [5.74, 6) is 0.124. The van der Waals surface area contributed by atoms with Gasteiger partial charge < -0.3 is 5.11 Å². The second kappa shape index (κ2) is 9.13. The van der Waals surface area contributed by atoms with Crippen LogP contribution in [-0.2, 0) is 10.5 Å². The lowest BCUT2D eigenvalue weighted by atomic mass is 9.94. The molecule has 0 aliphatic carbocycles. The van der Waals surface area contributed by atoms with Gasteiger partial charge in [-0.15, -0.1) is 5.10 Å². The van der Waals surface area contributed by atoms with Crippen molar-refractivity contribution in [1.82, 2.24) is 15.2 Å². The van der Waals surface area contributed by atoms with E-state index in [-0.39, 0.29) is 11.7 Å². The number of hydrogen-bond donors (Lipinski definition) is 2. The van der Waals surface area contributed by atoms with Gasteiger partial charge in [0.15, 0.2) is 5.76 Å². The zero-order valence-electron chi connectivity index (χ0n) is 17.4. The van der Waals surface area contributed by atoms with E-state index in [0.29, 0.717) is 21.5 Å². The summed E-state index contributed by atoms with van der Waals surface area (Å²) in [5, 5.41) is 19.2. The number of H-pyrrole nitrogens is 1. The highest BCUT2D eigenvalue weighted by molar-refractivity contribution is 7.98. The third-order valence-electron chi connectivity index (χ3n) is 5.37. The summed E-state index contributed by atoms with van der Waals surface area (Å²) in [6.07, 6.45) is 0. The average Bonchev–Trinajstić information content (AvgIpc) is 3.42. The van der Waals surface area contributed by atoms with Crippen LogP contribution in [0.2, 0.25) is 5.02 Å². The molecule has 0 unspecified atom stereocenters. The molecule has 1 amide bonds. The van der Waals surface area contributed by atoms with Crippen LogP contribution in [0.25, 0.3) is 5.57 Å². The van der Waals surface area contributed by atoms with Gasteiger partial charge >= 0.3 is 0 Å². The first-order chi connectivity index (χ1) is 16.1. The number of anilines is 1. The fourth-order valence-corrected chi connectivity index (χ4v) is 4.70. The van der Waals surface area contributed by atoms with Gasteiger partial charge in [-0.3, -0.25) is 9.69 Å². The molecule has 4 aromatic rings. The van der Waals surface area contributed by atoms with Crippen LogP contribution >= 0.6 is 23.4 Å². The number of thioether (sulfide) groups is 1. The van der Waals surface area contributed by atoms with Crippen molar-refractivity contribution < 1.29 is 9.90 Å². The Morgan fingerprint density at radius 1 is 0.970 bits per heavy atom. The van der Waals surface area contributed by atoms with Gasteiger partial charge in [0.25, 0.3) is 5.91 Å². The predicted molar refractivity (Wildman–Crippen MR) is 130 cm³/mol. The molecule has 0 saturated carbocycles. The molecule has 33 heavy (non-hydrogen) atoms. The van der Waals surface area contributed by atoms with E-state index in [1.54, 1.807) is 12.1 Å². The number of hydrogen-bond acceptors (Lipinski definition) is 5. The first-order valence-electron chi connectivity index (χ1n) is 10.3. The first-order valence-corrected chi connectivity index (χ1v) is 11.6. The number of rotatable bonds is 6. The number of nitrogens with one attached hydrogen (secondary N) is 1. The van der Waals surface area contributed by atoms with Gasteiger partial charge in [-0.05, 0) is 28.8 Å². The average molecular weight is 475 g/mol. The Hall–Kier alpha value is -3.55. The summed E-state index contributed by atoms with van der Waals surface area (Å²) >= 11 is 7.56. The maximum absolute atomic E-state index is 13.2. The smallest absolute Gasteiger partial charge is 0.296 e. The molecule has 0 bridgehead atoms. The van der Waals surface area contributed by atoms with Crippen LogP contribution in [0.3, 0.4) is 0 Å². The maximum Gasteiger partial charge on any atom is 0.296 e. The molecule has 3 aromatic carbocycles. The van der Waals surface area contributed by atoms with E-state index in [1.165, 1.54) is 16.7 Å². The number of aromatic nitrogens is 3. The Morgan fingerprint density at radius 3 is 2.33 bits per heavy atom. The maximum atomic E-state index is 13.2. The normalized spacial score (nSPS) is 16.0. The summed E-state index contributed by atoms with van der Waals surface area (Å²) in [7, 11) is 0. The third kappa shape index (κ3) is 4.25. The monoisotopic (exact) mass is 474 g/mol. The Morgan fingerprint density at radius 2 is 1.64 bits per heavy atom. The van der Waals surface area contributed by atoms with Crippen molar-refractivity contribution in [2.75, 3.05) is 4.90 Å². The minimum atomic E-state index is -0.586. The summed E-state index contributed by atoms with van der Waals surface area (Å²) in [6.45, 7) is 0. The number of carbonyl (C=O) groups excluding carboxylic acids is 1. The molecule has 164 valence electrons. The zero-order chi connectivity index (χ0) is 22.8. The molecule has 2 N–H and O–H groups in total. The highest BCUT2D eigenvalue weighted by Gasteiger charge is 2.43. The van der Waals surface area contributed by atoms with Crippen molar-refractivity contribution in [3.05, 3.63) is 112 Å². The van der Waals surface area contributed by atoms with Crippen LogP contribution in [0.4, 0.5) is 5.95 Å². The number of amides is 1. The van der Waals surface area contributed by atoms with Crippen LogP contribution in [0, 0.1) is 0 Å². The predicted octanol–water partition coefficient (Wildman–Crippen LogP) is 5.81. The molecular weight excluding hydrogens is 456 g/mol. The minimum Gasteiger partial charge on any atom is -0.503 e. The van der Waals surface area contributed by atoms with Crippen molar-refractivity contribution >= 4 is 40.8 Å². The van der Waals surface area contributed by atoms with Gasteiger partial charge in [0.1, 0.15) is 0 Å². The van der Waals surface area contributed by atoms with Crippen LogP contribution < -0.4 is 4.90 Å². The molecule has 1 atom stereocenters. The number of nitrogens with zero attached hydrogens (tertiary/aromatic N) is 3. The molecule has 6 nitrogen and oxygen atoms in total. The summed E-state index contributed by atoms with van der Waals surface area (Å²) in [6, 6.07) is 26.0. The SMILES string of the molecule is O=C1C(O)=C(c2ccccc2)[C@H](c2ccc(Cl)cc2)N1c1nc(SCc2ccccc2)n[nH]1. The van der Waals surface area contributed by atoms with Gasteiger partial charge in [-0.25, -0.2) is 5.10 Å². The summed E-state index contributed by atoms with van der Waals surface area (Å²) in [4.78, 5) is 19.2. The molecule has 0 spiro atoms. The standard InChI is InChI=1S/C25H19ClN4O2S/c26-19-13-11-18(12-14-19)21-20(17-9-5-2-6-10-17)22(31)23(32)30(21)24-27-25(29-28-24)33-15-16-7-3-1-4-8-16/h1-14,21,31H,15H2,(H,27,28,29)/t21-/m0/s1. The second-order valence-electron chi connectivity index (χ2n) is 7.47. The molecule has 8 heteroatoms. The fraction of sp³-hybridized carbons (Fsp3) is 0.0800. The van der Waals surface area contributed by atoms with Crippen LogP contribution in [0.15, 0.2) is 95.8 Å². The van der Waals surface area contributed by atoms with Crippen molar-refractivity contribution in [3.63, 3.8) is 0 Å². The van der Waals surface area contributed by atoms with E-state index in [2.05, 4.69) is 15.2 Å². The lowest BCUT2D eigenvalue weighted by molar-refractivity contribution is -0.117. The molecule has 1 aliphatic heterocycles. The third-order valence-corrected chi connectivity index (χ3v) is 6.54. The Bertz CT molecular complexity index is 1310. The van der Waals surface area contributed by atoms with E-state index < -0.39 is 11.9 Å². The van der Waals surface area contributed by atoms with Crippen LogP contribution in [0.1, 0.15) is 22.7 Å². The van der Waals surface area contributed by atoms with Gasteiger partial charge in [-0.2, -0.15) is 4.98 Å².